The SMILES string of the molecule is CC(Cl)CCCC1CCCc2ccccc21. The molecule has 0 saturated heterocycles. The quantitative estimate of drug-likeness (QED) is 0.652. The van der Waals surface area contributed by atoms with E-state index >= 15 is 0 Å². The smallest absolute Gasteiger partial charge is 0.0307 e. The van der Waals surface area contributed by atoms with E-state index in [9.17, 15) is 0 Å². The van der Waals surface area contributed by atoms with E-state index in [4.69, 9.17) is 11.6 Å². The standard InChI is InChI=1S/C15H21Cl/c1-12(16)6-4-8-14-10-5-9-13-7-2-3-11-15(13)14/h2-3,7,11-12,14H,4-6,8-10H2,1H3. The van der Waals surface area contributed by atoms with Crippen molar-refractivity contribution < 1.29 is 0 Å². The molecule has 0 bridgehead atoms. The predicted molar refractivity (Wildman–Crippen MR) is 71.3 cm³/mol. The van der Waals surface area contributed by atoms with Gasteiger partial charge in [-0.15, -0.1) is 11.6 Å². The minimum Gasteiger partial charge on any atom is -0.123 e. The molecule has 1 aliphatic carbocycles. The Bertz CT molecular complexity index is 330. The van der Waals surface area contributed by atoms with Gasteiger partial charge in [0.15, 0.2) is 0 Å². The van der Waals surface area contributed by atoms with Crippen molar-refractivity contribution in [3.8, 4) is 0 Å². The van der Waals surface area contributed by atoms with Gasteiger partial charge in [0.2, 0.25) is 0 Å². The number of aryl methyl sites for hydroxylation is 1. The third-order valence-corrected chi connectivity index (χ3v) is 3.87. The highest BCUT2D eigenvalue weighted by atomic mass is 35.5. The number of halogens is 1. The van der Waals surface area contributed by atoms with Crippen LogP contribution in [0.5, 0.6) is 0 Å². The lowest BCUT2D eigenvalue weighted by atomic mass is 9.80. The van der Waals surface area contributed by atoms with Crippen LogP contribution in [0, 0.1) is 0 Å². The van der Waals surface area contributed by atoms with Crippen molar-refractivity contribution in [1.29, 1.82) is 0 Å². The Morgan fingerprint density at radius 2 is 2.19 bits per heavy atom. The van der Waals surface area contributed by atoms with Gasteiger partial charge in [-0.2, -0.15) is 0 Å². The van der Waals surface area contributed by atoms with Crippen LogP contribution in [0.25, 0.3) is 0 Å². The Hall–Kier alpha value is -0.490. The molecule has 0 spiro atoms. The minimum atomic E-state index is 0.332. The van der Waals surface area contributed by atoms with Crippen LogP contribution in [0.2, 0.25) is 0 Å². The Labute approximate surface area is 104 Å². The summed E-state index contributed by atoms with van der Waals surface area (Å²) in [5, 5.41) is 0.332. The van der Waals surface area contributed by atoms with Crippen molar-refractivity contribution >= 4 is 11.6 Å². The van der Waals surface area contributed by atoms with Crippen LogP contribution in [0.1, 0.15) is 56.1 Å². The van der Waals surface area contributed by atoms with Crippen molar-refractivity contribution in [1.82, 2.24) is 0 Å². The first kappa shape index (κ1) is 12.0. The molecule has 0 aromatic heterocycles. The molecular formula is C15H21Cl. The van der Waals surface area contributed by atoms with Crippen LogP contribution in [-0.4, -0.2) is 5.38 Å². The number of rotatable bonds is 4. The Morgan fingerprint density at radius 1 is 1.38 bits per heavy atom. The van der Waals surface area contributed by atoms with E-state index in [-0.39, 0.29) is 0 Å². The molecule has 0 nitrogen and oxygen atoms in total. The van der Waals surface area contributed by atoms with Gasteiger partial charge in [-0.3, -0.25) is 0 Å². The number of fused-ring (bicyclic) bond motifs is 1. The lowest BCUT2D eigenvalue weighted by Gasteiger charge is -2.25. The van der Waals surface area contributed by atoms with E-state index in [2.05, 4.69) is 31.2 Å². The second-order valence-electron chi connectivity index (χ2n) is 5.00. The molecule has 88 valence electrons. The summed E-state index contributed by atoms with van der Waals surface area (Å²) in [5.74, 6) is 0.792. The van der Waals surface area contributed by atoms with Crippen LogP contribution in [0.15, 0.2) is 24.3 Å². The highest BCUT2D eigenvalue weighted by Gasteiger charge is 2.19. The molecule has 1 aromatic carbocycles. The molecule has 0 saturated carbocycles. The summed E-state index contributed by atoms with van der Waals surface area (Å²) in [6.07, 6.45) is 7.74. The summed E-state index contributed by atoms with van der Waals surface area (Å²) in [7, 11) is 0. The number of alkyl halides is 1. The summed E-state index contributed by atoms with van der Waals surface area (Å²) in [6.45, 7) is 2.09. The maximum Gasteiger partial charge on any atom is 0.0307 e. The molecule has 1 heteroatoms. The highest BCUT2D eigenvalue weighted by Crippen LogP contribution is 2.35. The number of benzene rings is 1. The lowest BCUT2D eigenvalue weighted by molar-refractivity contribution is 0.495. The third kappa shape index (κ3) is 3.01. The maximum atomic E-state index is 6.00. The van der Waals surface area contributed by atoms with Gasteiger partial charge in [-0.05, 0) is 56.1 Å². The molecule has 1 aromatic rings. The van der Waals surface area contributed by atoms with Gasteiger partial charge < -0.3 is 0 Å². The highest BCUT2D eigenvalue weighted by molar-refractivity contribution is 6.20. The van der Waals surface area contributed by atoms with E-state index in [0.29, 0.717) is 5.38 Å². The van der Waals surface area contributed by atoms with E-state index in [1.165, 1.54) is 32.1 Å². The molecule has 2 atom stereocenters. The predicted octanol–water partition coefficient (Wildman–Crippen LogP) is 4.90. The van der Waals surface area contributed by atoms with Crippen LogP contribution in [0.3, 0.4) is 0 Å². The normalized spacial score (nSPS) is 21.5. The topological polar surface area (TPSA) is 0 Å². The Kier molecular flexibility index (Phi) is 4.29. The summed E-state index contributed by atoms with van der Waals surface area (Å²) >= 11 is 6.00. The largest absolute Gasteiger partial charge is 0.123 e. The molecule has 0 aliphatic heterocycles. The van der Waals surface area contributed by atoms with Gasteiger partial charge in [0, 0.05) is 5.38 Å². The summed E-state index contributed by atoms with van der Waals surface area (Å²) in [4.78, 5) is 0. The van der Waals surface area contributed by atoms with E-state index in [1.807, 2.05) is 0 Å². The van der Waals surface area contributed by atoms with Crippen molar-refractivity contribution in [3.63, 3.8) is 0 Å². The molecular weight excluding hydrogens is 216 g/mol. The zero-order valence-electron chi connectivity index (χ0n) is 10.1. The van der Waals surface area contributed by atoms with Gasteiger partial charge in [-0.1, -0.05) is 30.7 Å². The minimum absolute atomic E-state index is 0.332. The molecule has 0 amide bonds. The maximum absolute atomic E-state index is 6.00. The average Bonchev–Trinajstić information content (AvgIpc) is 2.29. The van der Waals surface area contributed by atoms with Crippen molar-refractivity contribution in [2.75, 3.05) is 0 Å². The molecule has 0 fully saturated rings. The first-order valence-electron chi connectivity index (χ1n) is 6.49. The van der Waals surface area contributed by atoms with E-state index in [0.717, 1.165) is 12.3 Å². The van der Waals surface area contributed by atoms with Gasteiger partial charge in [-0.25, -0.2) is 0 Å². The van der Waals surface area contributed by atoms with E-state index < -0.39 is 0 Å². The zero-order valence-corrected chi connectivity index (χ0v) is 10.8. The fourth-order valence-corrected chi connectivity index (χ4v) is 2.95. The van der Waals surface area contributed by atoms with Gasteiger partial charge >= 0.3 is 0 Å². The number of hydrogen-bond donors (Lipinski definition) is 0. The monoisotopic (exact) mass is 236 g/mol. The molecule has 1 aliphatic rings. The molecule has 16 heavy (non-hydrogen) atoms. The van der Waals surface area contributed by atoms with Crippen molar-refractivity contribution in [2.45, 2.75) is 56.7 Å². The summed E-state index contributed by atoms with van der Waals surface area (Å²) in [5.41, 5.74) is 3.19. The average molecular weight is 237 g/mol. The molecule has 0 heterocycles. The number of hydrogen-bond acceptors (Lipinski definition) is 0. The fraction of sp³-hybridized carbons (Fsp3) is 0.600. The van der Waals surface area contributed by atoms with Crippen LogP contribution >= 0.6 is 11.6 Å². The second kappa shape index (κ2) is 5.72. The van der Waals surface area contributed by atoms with Gasteiger partial charge in [0.1, 0.15) is 0 Å². The summed E-state index contributed by atoms with van der Waals surface area (Å²) < 4.78 is 0. The third-order valence-electron chi connectivity index (χ3n) is 3.65. The van der Waals surface area contributed by atoms with E-state index in [1.54, 1.807) is 11.1 Å². The molecule has 2 rings (SSSR count). The van der Waals surface area contributed by atoms with Crippen LogP contribution in [-0.2, 0) is 6.42 Å². The second-order valence-corrected chi connectivity index (χ2v) is 5.74. The summed E-state index contributed by atoms with van der Waals surface area (Å²) in [6, 6.07) is 8.97. The van der Waals surface area contributed by atoms with Crippen LogP contribution in [0.4, 0.5) is 0 Å². The Balaban J connectivity index is 1.96. The molecule has 0 radical (unpaired) electrons. The molecule has 0 N–H and O–H groups in total. The first-order chi connectivity index (χ1) is 7.77. The van der Waals surface area contributed by atoms with Crippen molar-refractivity contribution in [3.05, 3.63) is 35.4 Å². The van der Waals surface area contributed by atoms with Gasteiger partial charge in [0.25, 0.3) is 0 Å². The fourth-order valence-electron chi connectivity index (χ4n) is 2.80. The first-order valence-corrected chi connectivity index (χ1v) is 6.93. The lowest BCUT2D eigenvalue weighted by Crippen LogP contribution is -2.10. The zero-order chi connectivity index (χ0) is 11.4. The van der Waals surface area contributed by atoms with Crippen LogP contribution < -0.4 is 0 Å². The van der Waals surface area contributed by atoms with Crippen molar-refractivity contribution in [2.24, 2.45) is 0 Å². The van der Waals surface area contributed by atoms with Gasteiger partial charge in [0.05, 0.1) is 0 Å². The molecule has 2 unspecified atom stereocenters. The Morgan fingerprint density at radius 3 is 3.00 bits per heavy atom.